The molecule has 0 saturated heterocycles. The van der Waals surface area contributed by atoms with Crippen LogP contribution in [0.1, 0.15) is 18.1 Å². The van der Waals surface area contributed by atoms with Gasteiger partial charge in [-0.25, -0.2) is 0 Å². The summed E-state index contributed by atoms with van der Waals surface area (Å²) >= 11 is 0. The summed E-state index contributed by atoms with van der Waals surface area (Å²) in [5.41, 5.74) is 2.73. The molecule has 0 radical (unpaired) electrons. The van der Waals surface area contributed by atoms with Crippen LogP contribution in [0.5, 0.6) is 0 Å². The highest BCUT2D eigenvalue weighted by atomic mass is 15.1. The van der Waals surface area contributed by atoms with Gasteiger partial charge in [0.15, 0.2) is 0 Å². The van der Waals surface area contributed by atoms with Crippen LogP contribution >= 0.6 is 0 Å². The van der Waals surface area contributed by atoms with Gasteiger partial charge in [0.2, 0.25) is 0 Å². The average Bonchev–Trinajstić information content (AvgIpc) is 2.21. The van der Waals surface area contributed by atoms with Crippen molar-refractivity contribution in [2.75, 3.05) is 20.6 Å². The van der Waals surface area contributed by atoms with Gasteiger partial charge in [0, 0.05) is 13.1 Å². The maximum Gasteiger partial charge on any atom is 0.0230 e. The molecule has 2 heteroatoms. The van der Waals surface area contributed by atoms with E-state index in [4.69, 9.17) is 0 Å². The smallest absolute Gasteiger partial charge is 0.0230 e. The summed E-state index contributed by atoms with van der Waals surface area (Å²) in [5.74, 6) is 0. The van der Waals surface area contributed by atoms with Gasteiger partial charge >= 0.3 is 0 Å². The lowest BCUT2D eigenvalue weighted by Crippen LogP contribution is -2.16. The molecule has 0 aliphatic rings. The van der Waals surface area contributed by atoms with Crippen molar-refractivity contribution in [2.24, 2.45) is 0 Å². The summed E-state index contributed by atoms with van der Waals surface area (Å²) in [5, 5.41) is 3.14. The molecule has 2 nitrogen and oxygen atoms in total. The number of nitrogens with zero attached hydrogens (tertiary/aromatic N) is 1. The highest BCUT2D eigenvalue weighted by Gasteiger charge is 1.97. The quantitative estimate of drug-likeness (QED) is 0.766. The third-order valence-corrected chi connectivity index (χ3v) is 2.40. The number of rotatable bonds is 5. The Morgan fingerprint density at radius 2 is 1.71 bits per heavy atom. The van der Waals surface area contributed by atoms with E-state index in [2.05, 4.69) is 48.5 Å². The Labute approximate surface area is 86.9 Å². The zero-order chi connectivity index (χ0) is 10.4. The van der Waals surface area contributed by atoms with Gasteiger partial charge in [0.25, 0.3) is 0 Å². The molecule has 0 atom stereocenters. The molecule has 0 unspecified atom stereocenters. The Balaban J connectivity index is 2.54. The molecule has 0 spiro atoms. The van der Waals surface area contributed by atoms with Gasteiger partial charge in [0.05, 0.1) is 0 Å². The van der Waals surface area contributed by atoms with Crippen molar-refractivity contribution in [1.29, 1.82) is 0 Å². The summed E-state index contributed by atoms with van der Waals surface area (Å²) in [6, 6.07) is 8.79. The summed E-state index contributed by atoms with van der Waals surface area (Å²) < 4.78 is 0. The van der Waals surface area contributed by atoms with E-state index >= 15 is 0 Å². The zero-order valence-corrected chi connectivity index (χ0v) is 9.38. The Morgan fingerprint density at radius 3 is 2.21 bits per heavy atom. The second-order valence-electron chi connectivity index (χ2n) is 3.68. The minimum absolute atomic E-state index is 0.948. The minimum atomic E-state index is 0.948. The summed E-state index contributed by atoms with van der Waals surface area (Å²) in [7, 11) is 4.11. The molecule has 0 saturated carbocycles. The van der Waals surface area contributed by atoms with E-state index < -0.39 is 0 Å². The van der Waals surface area contributed by atoms with E-state index in [1.54, 1.807) is 0 Å². The van der Waals surface area contributed by atoms with Gasteiger partial charge < -0.3 is 10.2 Å². The first-order valence-corrected chi connectivity index (χ1v) is 5.17. The van der Waals surface area contributed by atoms with Crippen LogP contribution in [0, 0.1) is 0 Å². The van der Waals surface area contributed by atoms with E-state index in [9.17, 15) is 0 Å². The van der Waals surface area contributed by atoms with Crippen molar-refractivity contribution in [3.05, 3.63) is 35.4 Å². The van der Waals surface area contributed by atoms with E-state index in [1.807, 2.05) is 7.05 Å². The van der Waals surface area contributed by atoms with Crippen LogP contribution in [0.25, 0.3) is 0 Å². The minimum Gasteiger partial charge on any atom is -0.316 e. The van der Waals surface area contributed by atoms with E-state index in [0.29, 0.717) is 0 Å². The summed E-state index contributed by atoms with van der Waals surface area (Å²) in [6.07, 6.45) is 0. The number of hydrogen-bond donors (Lipinski definition) is 1. The molecule has 1 aromatic carbocycles. The highest BCUT2D eigenvalue weighted by Crippen LogP contribution is 2.06. The molecule has 0 aliphatic heterocycles. The first-order valence-electron chi connectivity index (χ1n) is 5.17. The standard InChI is InChI=1S/C12H20N2/c1-4-14(3)10-12-7-5-11(6-8-12)9-13-2/h5-8,13H,4,9-10H2,1-3H3. The van der Waals surface area contributed by atoms with Crippen LogP contribution in [-0.4, -0.2) is 25.5 Å². The lowest BCUT2D eigenvalue weighted by atomic mass is 10.1. The Bertz CT molecular complexity index is 254. The fourth-order valence-corrected chi connectivity index (χ4v) is 1.39. The fourth-order valence-electron chi connectivity index (χ4n) is 1.39. The molecule has 0 amide bonds. The van der Waals surface area contributed by atoms with E-state index in [-0.39, 0.29) is 0 Å². The lowest BCUT2D eigenvalue weighted by Gasteiger charge is -2.13. The number of hydrogen-bond acceptors (Lipinski definition) is 2. The van der Waals surface area contributed by atoms with Gasteiger partial charge in [-0.05, 0) is 31.8 Å². The first kappa shape index (κ1) is 11.2. The van der Waals surface area contributed by atoms with Crippen LogP contribution in [0.4, 0.5) is 0 Å². The second-order valence-corrected chi connectivity index (χ2v) is 3.68. The van der Waals surface area contributed by atoms with Crippen molar-refractivity contribution in [3.63, 3.8) is 0 Å². The van der Waals surface area contributed by atoms with Gasteiger partial charge in [-0.1, -0.05) is 31.2 Å². The molecule has 78 valence electrons. The maximum absolute atomic E-state index is 3.14. The molecule has 1 rings (SSSR count). The van der Waals surface area contributed by atoms with Crippen LogP contribution in [0.2, 0.25) is 0 Å². The van der Waals surface area contributed by atoms with Crippen LogP contribution in [0.3, 0.4) is 0 Å². The Morgan fingerprint density at radius 1 is 1.14 bits per heavy atom. The second kappa shape index (κ2) is 5.78. The van der Waals surface area contributed by atoms with Gasteiger partial charge in [0.1, 0.15) is 0 Å². The molecular formula is C12H20N2. The molecule has 1 aromatic rings. The normalized spacial score (nSPS) is 10.9. The van der Waals surface area contributed by atoms with Crippen molar-refractivity contribution in [3.8, 4) is 0 Å². The van der Waals surface area contributed by atoms with Crippen LogP contribution in [0.15, 0.2) is 24.3 Å². The zero-order valence-electron chi connectivity index (χ0n) is 9.38. The van der Waals surface area contributed by atoms with Gasteiger partial charge in [-0.15, -0.1) is 0 Å². The largest absolute Gasteiger partial charge is 0.316 e. The van der Waals surface area contributed by atoms with Gasteiger partial charge in [-0.3, -0.25) is 0 Å². The molecular weight excluding hydrogens is 172 g/mol. The van der Waals surface area contributed by atoms with Gasteiger partial charge in [-0.2, -0.15) is 0 Å². The van der Waals surface area contributed by atoms with E-state index in [0.717, 1.165) is 19.6 Å². The molecule has 0 heterocycles. The van der Waals surface area contributed by atoms with Crippen molar-refractivity contribution in [2.45, 2.75) is 20.0 Å². The topological polar surface area (TPSA) is 15.3 Å². The predicted octanol–water partition coefficient (Wildman–Crippen LogP) is 1.86. The molecule has 0 fully saturated rings. The van der Waals surface area contributed by atoms with E-state index in [1.165, 1.54) is 11.1 Å². The van der Waals surface area contributed by atoms with Crippen molar-refractivity contribution < 1.29 is 0 Å². The maximum atomic E-state index is 3.14. The summed E-state index contributed by atoms with van der Waals surface area (Å²) in [6.45, 7) is 5.26. The summed E-state index contributed by atoms with van der Waals surface area (Å²) in [4.78, 5) is 2.30. The molecule has 14 heavy (non-hydrogen) atoms. The molecule has 0 aliphatic carbocycles. The Hall–Kier alpha value is -0.860. The number of benzene rings is 1. The molecule has 0 bridgehead atoms. The molecule has 0 aromatic heterocycles. The third-order valence-electron chi connectivity index (χ3n) is 2.40. The van der Waals surface area contributed by atoms with Crippen molar-refractivity contribution >= 4 is 0 Å². The average molecular weight is 192 g/mol. The van der Waals surface area contributed by atoms with Crippen molar-refractivity contribution in [1.82, 2.24) is 10.2 Å². The van der Waals surface area contributed by atoms with Crippen LogP contribution < -0.4 is 5.32 Å². The third kappa shape index (κ3) is 3.48. The number of nitrogens with one attached hydrogen (secondary N) is 1. The lowest BCUT2D eigenvalue weighted by molar-refractivity contribution is 0.346. The highest BCUT2D eigenvalue weighted by molar-refractivity contribution is 5.22. The Kier molecular flexibility index (Phi) is 4.63. The predicted molar refractivity (Wildman–Crippen MR) is 61.2 cm³/mol. The van der Waals surface area contributed by atoms with Crippen LogP contribution in [-0.2, 0) is 13.1 Å². The SMILES string of the molecule is CCN(C)Cc1ccc(CNC)cc1. The first-order chi connectivity index (χ1) is 6.76. The molecule has 1 N–H and O–H groups in total. The monoisotopic (exact) mass is 192 g/mol. The fraction of sp³-hybridized carbons (Fsp3) is 0.500.